The number of nitrogens with one attached hydrogen (secondary N) is 1. The number of alkyl carbamates (subject to hydrolysis) is 1. The Labute approximate surface area is 95.2 Å². The van der Waals surface area contributed by atoms with Crippen LogP contribution in [0.1, 0.15) is 32.6 Å². The first-order chi connectivity index (χ1) is 7.63. The molecule has 0 aromatic carbocycles. The molecule has 0 spiro atoms. The van der Waals surface area contributed by atoms with Gasteiger partial charge in [-0.1, -0.05) is 0 Å². The first-order valence-corrected chi connectivity index (χ1v) is 5.77. The maximum Gasteiger partial charge on any atom is 0.407 e. The van der Waals surface area contributed by atoms with Gasteiger partial charge in [0.25, 0.3) is 0 Å². The fraction of sp³-hybridized carbons (Fsp3) is 0.818. The third-order valence-corrected chi connectivity index (χ3v) is 3.01. The van der Waals surface area contributed by atoms with E-state index in [9.17, 15) is 9.59 Å². The highest BCUT2D eigenvalue weighted by Crippen LogP contribution is 2.28. The lowest BCUT2D eigenvalue weighted by Crippen LogP contribution is -2.32. The van der Waals surface area contributed by atoms with Crippen molar-refractivity contribution in [2.75, 3.05) is 13.2 Å². The molecular formula is C11H19NO4. The maximum absolute atomic E-state index is 11.0. The average Bonchev–Trinajstić information content (AvgIpc) is 2.27. The molecule has 1 rings (SSSR count). The van der Waals surface area contributed by atoms with Crippen molar-refractivity contribution in [1.82, 2.24) is 5.32 Å². The van der Waals surface area contributed by atoms with E-state index in [1.165, 1.54) is 0 Å². The maximum atomic E-state index is 11.0. The molecule has 0 saturated heterocycles. The third-order valence-electron chi connectivity index (χ3n) is 3.01. The highest BCUT2D eigenvalue weighted by atomic mass is 16.5. The van der Waals surface area contributed by atoms with Crippen molar-refractivity contribution >= 4 is 12.1 Å². The summed E-state index contributed by atoms with van der Waals surface area (Å²) in [5.74, 6) is -0.504. The zero-order valence-corrected chi connectivity index (χ0v) is 9.57. The van der Waals surface area contributed by atoms with Crippen molar-refractivity contribution in [3.8, 4) is 0 Å². The summed E-state index contributed by atoms with van der Waals surface area (Å²) in [4.78, 5) is 21.8. The largest absolute Gasteiger partial charge is 0.481 e. The number of hydrogen-bond acceptors (Lipinski definition) is 3. The van der Waals surface area contributed by atoms with Gasteiger partial charge in [0.05, 0.1) is 12.5 Å². The molecule has 5 nitrogen and oxygen atoms in total. The first-order valence-electron chi connectivity index (χ1n) is 5.77. The molecule has 0 radical (unpaired) electrons. The molecule has 0 bridgehead atoms. The monoisotopic (exact) mass is 229 g/mol. The van der Waals surface area contributed by atoms with Crippen LogP contribution in [0.15, 0.2) is 0 Å². The fourth-order valence-electron chi connectivity index (χ4n) is 2.02. The molecule has 0 heterocycles. The van der Waals surface area contributed by atoms with E-state index in [0.717, 1.165) is 12.8 Å². The lowest BCUT2D eigenvalue weighted by molar-refractivity contribution is -0.143. The SMILES string of the molecule is CCOC(=O)NCC1CCC(C(=O)O)CC1. The van der Waals surface area contributed by atoms with Gasteiger partial charge < -0.3 is 15.2 Å². The summed E-state index contributed by atoms with van der Waals surface area (Å²) in [6.07, 6.45) is 2.77. The molecule has 16 heavy (non-hydrogen) atoms. The zero-order valence-electron chi connectivity index (χ0n) is 9.57. The summed E-state index contributed by atoms with van der Waals surface area (Å²) in [6.45, 7) is 2.72. The van der Waals surface area contributed by atoms with Crippen LogP contribution >= 0.6 is 0 Å². The molecule has 0 aliphatic heterocycles. The minimum absolute atomic E-state index is 0.196. The van der Waals surface area contributed by atoms with Gasteiger partial charge in [-0.2, -0.15) is 0 Å². The molecule has 0 atom stereocenters. The van der Waals surface area contributed by atoms with Crippen molar-refractivity contribution in [3.63, 3.8) is 0 Å². The van der Waals surface area contributed by atoms with Crippen molar-refractivity contribution < 1.29 is 19.4 Å². The minimum Gasteiger partial charge on any atom is -0.481 e. The lowest BCUT2D eigenvalue weighted by atomic mass is 9.82. The average molecular weight is 229 g/mol. The number of ether oxygens (including phenoxy) is 1. The molecule has 1 aliphatic carbocycles. The van der Waals surface area contributed by atoms with E-state index in [0.29, 0.717) is 31.9 Å². The number of rotatable bonds is 4. The van der Waals surface area contributed by atoms with Crippen LogP contribution < -0.4 is 5.32 Å². The van der Waals surface area contributed by atoms with E-state index in [1.807, 2.05) is 0 Å². The van der Waals surface area contributed by atoms with Crippen LogP contribution in [0.3, 0.4) is 0 Å². The Morgan fingerprint density at radius 1 is 1.31 bits per heavy atom. The molecule has 0 aromatic rings. The molecule has 1 amide bonds. The Bertz CT molecular complexity index is 246. The number of carboxylic acid groups (broad SMARTS) is 1. The number of amides is 1. The van der Waals surface area contributed by atoms with Crippen LogP contribution in [0.2, 0.25) is 0 Å². The van der Waals surface area contributed by atoms with Crippen LogP contribution in [-0.2, 0) is 9.53 Å². The molecular weight excluding hydrogens is 210 g/mol. The second kappa shape index (κ2) is 6.35. The van der Waals surface area contributed by atoms with Gasteiger partial charge in [-0.25, -0.2) is 4.79 Å². The Hall–Kier alpha value is -1.26. The summed E-state index contributed by atoms with van der Waals surface area (Å²) in [5, 5.41) is 11.5. The summed E-state index contributed by atoms with van der Waals surface area (Å²) < 4.78 is 4.75. The number of carbonyl (C=O) groups excluding carboxylic acids is 1. The summed E-state index contributed by atoms with van der Waals surface area (Å²) >= 11 is 0. The van der Waals surface area contributed by atoms with Gasteiger partial charge in [-0.3, -0.25) is 4.79 Å². The van der Waals surface area contributed by atoms with Crippen molar-refractivity contribution in [2.24, 2.45) is 11.8 Å². The quantitative estimate of drug-likeness (QED) is 0.768. The molecule has 5 heteroatoms. The minimum atomic E-state index is -0.697. The smallest absolute Gasteiger partial charge is 0.407 e. The molecule has 1 saturated carbocycles. The molecule has 2 N–H and O–H groups in total. The van der Waals surface area contributed by atoms with Crippen molar-refractivity contribution in [1.29, 1.82) is 0 Å². The normalized spacial score (nSPS) is 24.8. The summed E-state index contributed by atoms with van der Waals surface area (Å²) in [5.41, 5.74) is 0. The van der Waals surface area contributed by atoms with Gasteiger partial charge in [0, 0.05) is 6.54 Å². The summed E-state index contributed by atoms with van der Waals surface area (Å²) in [6, 6.07) is 0. The van der Waals surface area contributed by atoms with Gasteiger partial charge in [-0.05, 0) is 38.5 Å². The van der Waals surface area contributed by atoms with Crippen LogP contribution in [0, 0.1) is 11.8 Å². The standard InChI is InChI=1S/C11H19NO4/c1-2-16-11(15)12-7-8-3-5-9(6-4-8)10(13)14/h8-9H,2-7H2,1H3,(H,12,15)(H,13,14). The van der Waals surface area contributed by atoms with E-state index in [-0.39, 0.29) is 12.0 Å². The van der Waals surface area contributed by atoms with Gasteiger partial charge in [0.1, 0.15) is 0 Å². The van der Waals surface area contributed by atoms with Crippen LogP contribution in [0.25, 0.3) is 0 Å². The number of carboxylic acids is 1. The lowest BCUT2D eigenvalue weighted by Gasteiger charge is -2.25. The van der Waals surface area contributed by atoms with Gasteiger partial charge >= 0.3 is 12.1 Å². The molecule has 92 valence electrons. The predicted octanol–water partition coefficient (Wildman–Crippen LogP) is 1.62. The first kappa shape index (κ1) is 12.8. The van der Waals surface area contributed by atoms with E-state index in [4.69, 9.17) is 9.84 Å². The second-order valence-electron chi connectivity index (χ2n) is 4.16. The Kier molecular flexibility index (Phi) is 5.08. The molecule has 1 aliphatic rings. The van der Waals surface area contributed by atoms with Crippen LogP contribution in [-0.4, -0.2) is 30.3 Å². The summed E-state index contributed by atoms with van der Waals surface area (Å²) in [7, 11) is 0. The van der Waals surface area contributed by atoms with Crippen LogP contribution in [0.5, 0.6) is 0 Å². The molecule has 0 unspecified atom stereocenters. The number of hydrogen-bond donors (Lipinski definition) is 2. The van der Waals surface area contributed by atoms with E-state index in [2.05, 4.69) is 5.32 Å². The van der Waals surface area contributed by atoms with E-state index >= 15 is 0 Å². The Morgan fingerprint density at radius 2 is 1.94 bits per heavy atom. The predicted molar refractivity (Wildman–Crippen MR) is 58.1 cm³/mol. The highest BCUT2D eigenvalue weighted by Gasteiger charge is 2.25. The molecule has 1 fully saturated rings. The van der Waals surface area contributed by atoms with Gasteiger partial charge in [0.15, 0.2) is 0 Å². The molecule has 0 aromatic heterocycles. The highest BCUT2D eigenvalue weighted by molar-refractivity contribution is 5.70. The van der Waals surface area contributed by atoms with E-state index < -0.39 is 5.97 Å². The Balaban J connectivity index is 2.17. The van der Waals surface area contributed by atoms with Crippen molar-refractivity contribution in [3.05, 3.63) is 0 Å². The van der Waals surface area contributed by atoms with E-state index in [1.54, 1.807) is 6.92 Å². The topological polar surface area (TPSA) is 75.6 Å². The van der Waals surface area contributed by atoms with Gasteiger partial charge in [-0.15, -0.1) is 0 Å². The number of aliphatic carboxylic acids is 1. The van der Waals surface area contributed by atoms with Crippen LogP contribution in [0.4, 0.5) is 4.79 Å². The van der Waals surface area contributed by atoms with Gasteiger partial charge in [0.2, 0.25) is 0 Å². The number of carbonyl (C=O) groups is 2. The fourth-order valence-corrected chi connectivity index (χ4v) is 2.02. The third kappa shape index (κ3) is 4.08. The van der Waals surface area contributed by atoms with Crippen molar-refractivity contribution in [2.45, 2.75) is 32.6 Å². The Morgan fingerprint density at radius 3 is 2.44 bits per heavy atom. The second-order valence-corrected chi connectivity index (χ2v) is 4.16. The zero-order chi connectivity index (χ0) is 12.0.